The second kappa shape index (κ2) is 6.36. The lowest BCUT2D eigenvalue weighted by Gasteiger charge is -2.22. The van der Waals surface area contributed by atoms with E-state index in [2.05, 4.69) is 40.1 Å². The Kier molecular flexibility index (Phi) is 4.02. The maximum Gasteiger partial charge on any atom is 0.225 e. The topological polar surface area (TPSA) is 105 Å². The first-order valence-electron chi connectivity index (χ1n) is 8.70. The standard InChI is InChI=1S/C18H21N7O/c1-11-4-3-5-14(12(11)2)25-18(22-16(23-25)8-15(19)26)13-6-7-17-20-10-21-24(17)9-13/h3-5,10,13H,6-9H2,1-2H3,(H2,19,26). The zero-order valence-electron chi connectivity index (χ0n) is 14.9. The van der Waals surface area contributed by atoms with E-state index in [0.717, 1.165) is 35.7 Å². The molecule has 26 heavy (non-hydrogen) atoms. The highest BCUT2D eigenvalue weighted by molar-refractivity contribution is 5.75. The summed E-state index contributed by atoms with van der Waals surface area (Å²) >= 11 is 0. The quantitative estimate of drug-likeness (QED) is 0.761. The number of aryl methyl sites for hydroxylation is 2. The van der Waals surface area contributed by atoms with E-state index in [1.807, 2.05) is 21.5 Å². The average molecular weight is 351 g/mol. The molecule has 4 rings (SSSR count). The Hall–Kier alpha value is -3.03. The molecule has 2 N–H and O–H groups in total. The first-order chi connectivity index (χ1) is 12.5. The van der Waals surface area contributed by atoms with Crippen molar-refractivity contribution >= 4 is 5.91 Å². The number of rotatable bonds is 4. The van der Waals surface area contributed by atoms with Gasteiger partial charge in [-0.15, -0.1) is 0 Å². The number of nitrogens with zero attached hydrogens (tertiary/aromatic N) is 6. The van der Waals surface area contributed by atoms with Crippen LogP contribution in [-0.4, -0.2) is 35.4 Å². The number of benzene rings is 1. The number of amides is 1. The molecule has 0 fully saturated rings. The maximum absolute atomic E-state index is 11.4. The Morgan fingerprint density at radius 2 is 2.19 bits per heavy atom. The second-order valence-corrected chi connectivity index (χ2v) is 6.75. The van der Waals surface area contributed by atoms with Gasteiger partial charge in [0, 0.05) is 12.3 Å². The molecule has 1 unspecified atom stereocenters. The molecule has 0 saturated carbocycles. The van der Waals surface area contributed by atoms with Crippen molar-refractivity contribution in [1.82, 2.24) is 29.5 Å². The average Bonchev–Trinajstić information content (AvgIpc) is 3.22. The predicted molar refractivity (Wildman–Crippen MR) is 94.8 cm³/mol. The largest absolute Gasteiger partial charge is 0.369 e. The number of nitrogens with two attached hydrogens (primary N) is 1. The van der Waals surface area contributed by atoms with Gasteiger partial charge in [0.15, 0.2) is 5.82 Å². The first-order valence-corrected chi connectivity index (χ1v) is 8.70. The van der Waals surface area contributed by atoms with Crippen LogP contribution in [0.1, 0.15) is 40.9 Å². The molecule has 8 nitrogen and oxygen atoms in total. The van der Waals surface area contributed by atoms with E-state index < -0.39 is 5.91 Å². The third kappa shape index (κ3) is 2.87. The highest BCUT2D eigenvalue weighted by Gasteiger charge is 2.27. The van der Waals surface area contributed by atoms with Crippen molar-refractivity contribution in [3.8, 4) is 5.69 Å². The second-order valence-electron chi connectivity index (χ2n) is 6.75. The van der Waals surface area contributed by atoms with E-state index in [1.54, 1.807) is 6.33 Å². The van der Waals surface area contributed by atoms with Gasteiger partial charge in [0.1, 0.15) is 18.0 Å². The number of primary amides is 1. The SMILES string of the molecule is Cc1cccc(-n2nc(CC(N)=O)nc2C2CCc3ncnn3C2)c1C. The summed E-state index contributed by atoms with van der Waals surface area (Å²) in [4.78, 5) is 20.3. The van der Waals surface area contributed by atoms with Crippen molar-refractivity contribution in [3.05, 3.63) is 53.1 Å². The molecule has 0 aliphatic carbocycles. The molecule has 3 heterocycles. The predicted octanol–water partition coefficient (Wildman–Crippen LogP) is 1.23. The fourth-order valence-electron chi connectivity index (χ4n) is 3.45. The fourth-order valence-corrected chi connectivity index (χ4v) is 3.45. The summed E-state index contributed by atoms with van der Waals surface area (Å²) < 4.78 is 3.79. The summed E-state index contributed by atoms with van der Waals surface area (Å²) in [7, 11) is 0. The summed E-state index contributed by atoms with van der Waals surface area (Å²) in [5, 5.41) is 8.90. The lowest BCUT2D eigenvalue weighted by atomic mass is 9.98. The monoisotopic (exact) mass is 351 g/mol. The molecule has 2 aromatic heterocycles. The molecule has 1 aliphatic heterocycles. The Bertz CT molecular complexity index is 972. The zero-order valence-corrected chi connectivity index (χ0v) is 14.9. The van der Waals surface area contributed by atoms with Crippen LogP contribution in [0.5, 0.6) is 0 Å². The van der Waals surface area contributed by atoms with Gasteiger partial charge in [0.05, 0.1) is 18.7 Å². The number of fused-ring (bicyclic) bond motifs is 1. The van der Waals surface area contributed by atoms with Crippen LogP contribution in [0.15, 0.2) is 24.5 Å². The van der Waals surface area contributed by atoms with Crippen molar-refractivity contribution in [3.63, 3.8) is 0 Å². The number of carbonyl (C=O) groups excluding carboxylic acids is 1. The van der Waals surface area contributed by atoms with Crippen LogP contribution < -0.4 is 5.73 Å². The molecule has 0 saturated heterocycles. The van der Waals surface area contributed by atoms with Gasteiger partial charge < -0.3 is 5.73 Å². The normalized spacial score (nSPS) is 16.5. The van der Waals surface area contributed by atoms with E-state index in [4.69, 9.17) is 5.73 Å². The summed E-state index contributed by atoms with van der Waals surface area (Å²) in [5.74, 6) is 2.01. The van der Waals surface area contributed by atoms with E-state index in [-0.39, 0.29) is 12.3 Å². The van der Waals surface area contributed by atoms with Crippen LogP contribution >= 0.6 is 0 Å². The van der Waals surface area contributed by atoms with Crippen molar-refractivity contribution in [2.45, 2.75) is 45.6 Å². The van der Waals surface area contributed by atoms with Crippen LogP contribution in [0.2, 0.25) is 0 Å². The molecule has 8 heteroatoms. The van der Waals surface area contributed by atoms with Crippen molar-refractivity contribution in [1.29, 1.82) is 0 Å². The molecule has 1 aromatic carbocycles. The van der Waals surface area contributed by atoms with Crippen LogP contribution in [0.4, 0.5) is 0 Å². The molecular formula is C18H21N7O. The maximum atomic E-state index is 11.4. The van der Waals surface area contributed by atoms with Gasteiger partial charge in [-0.05, 0) is 37.5 Å². The van der Waals surface area contributed by atoms with Gasteiger partial charge >= 0.3 is 0 Å². The van der Waals surface area contributed by atoms with Crippen LogP contribution in [0.3, 0.4) is 0 Å². The molecule has 1 amide bonds. The smallest absolute Gasteiger partial charge is 0.225 e. The number of hydrogen-bond acceptors (Lipinski definition) is 5. The highest BCUT2D eigenvalue weighted by Crippen LogP contribution is 2.29. The van der Waals surface area contributed by atoms with Gasteiger partial charge in [-0.25, -0.2) is 19.3 Å². The van der Waals surface area contributed by atoms with Crippen LogP contribution in [0.25, 0.3) is 5.69 Å². The molecule has 1 aliphatic rings. The Morgan fingerprint density at radius 3 is 3.00 bits per heavy atom. The number of aromatic nitrogens is 6. The zero-order chi connectivity index (χ0) is 18.3. The van der Waals surface area contributed by atoms with Crippen molar-refractivity contribution in [2.75, 3.05) is 0 Å². The van der Waals surface area contributed by atoms with Crippen LogP contribution in [-0.2, 0) is 24.2 Å². The molecule has 134 valence electrons. The van der Waals surface area contributed by atoms with Gasteiger partial charge in [0.2, 0.25) is 5.91 Å². The molecule has 0 spiro atoms. The highest BCUT2D eigenvalue weighted by atomic mass is 16.1. The summed E-state index contributed by atoms with van der Waals surface area (Å²) in [5.41, 5.74) is 8.66. The first kappa shape index (κ1) is 16.4. The van der Waals surface area contributed by atoms with Gasteiger partial charge in [0.25, 0.3) is 0 Å². The Labute approximate surface area is 151 Å². The molecule has 0 radical (unpaired) electrons. The summed E-state index contributed by atoms with van der Waals surface area (Å²) in [6, 6.07) is 6.10. The van der Waals surface area contributed by atoms with Crippen molar-refractivity contribution in [2.24, 2.45) is 5.73 Å². The Balaban J connectivity index is 1.79. The summed E-state index contributed by atoms with van der Waals surface area (Å²) in [6.07, 6.45) is 3.38. The minimum Gasteiger partial charge on any atom is -0.369 e. The van der Waals surface area contributed by atoms with E-state index in [0.29, 0.717) is 12.4 Å². The minimum atomic E-state index is -0.433. The molecular weight excluding hydrogens is 330 g/mol. The van der Waals surface area contributed by atoms with Crippen molar-refractivity contribution < 1.29 is 4.79 Å². The lowest BCUT2D eigenvalue weighted by Crippen LogP contribution is -2.23. The number of hydrogen-bond donors (Lipinski definition) is 1. The number of carbonyl (C=O) groups is 1. The van der Waals surface area contributed by atoms with E-state index >= 15 is 0 Å². The van der Waals surface area contributed by atoms with E-state index in [1.165, 1.54) is 5.56 Å². The summed E-state index contributed by atoms with van der Waals surface area (Å²) in [6.45, 7) is 4.84. The minimum absolute atomic E-state index is 0.0339. The van der Waals surface area contributed by atoms with Gasteiger partial charge in [-0.2, -0.15) is 10.2 Å². The third-order valence-corrected chi connectivity index (χ3v) is 4.98. The lowest BCUT2D eigenvalue weighted by molar-refractivity contribution is -0.117. The van der Waals surface area contributed by atoms with E-state index in [9.17, 15) is 4.79 Å². The fraction of sp³-hybridized carbons (Fsp3) is 0.389. The molecule has 0 bridgehead atoms. The van der Waals surface area contributed by atoms with Gasteiger partial charge in [-0.1, -0.05) is 12.1 Å². The Morgan fingerprint density at radius 1 is 1.35 bits per heavy atom. The third-order valence-electron chi connectivity index (χ3n) is 4.98. The molecule has 3 aromatic rings. The van der Waals surface area contributed by atoms with Crippen LogP contribution in [0, 0.1) is 13.8 Å². The molecule has 1 atom stereocenters. The van der Waals surface area contributed by atoms with Gasteiger partial charge in [-0.3, -0.25) is 4.79 Å².